The van der Waals surface area contributed by atoms with Gasteiger partial charge in [0.1, 0.15) is 0 Å². The first kappa shape index (κ1) is 26.1. The molecule has 3 amide bonds. The molecule has 9 nitrogen and oxygen atoms in total. The molecule has 0 saturated heterocycles. The summed E-state index contributed by atoms with van der Waals surface area (Å²) in [5.41, 5.74) is 3.53. The highest BCUT2D eigenvalue weighted by Crippen LogP contribution is 2.27. The number of amides is 3. The molecule has 0 saturated carbocycles. The van der Waals surface area contributed by atoms with Gasteiger partial charge in [-0.15, -0.1) is 5.10 Å². The maximum Gasteiger partial charge on any atom is 0.326 e. The summed E-state index contributed by atoms with van der Waals surface area (Å²) in [6, 6.07) is 19.2. The molecule has 3 aromatic carbocycles. The Balaban J connectivity index is 1.57. The van der Waals surface area contributed by atoms with Gasteiger partial charge in [0.25, 0.3) is 11.9 Å². The van der Waals surface area contributed by atoms with E-state index in [0.29, 0.717) is 27.0 Å². The van der Waals surface area contributed by atoms with Crippen LogP contribution in [0.4, 0.5) is 22.1 Å². The minimum Gasteiger partial charge on any atom is -0.307 e. The van der Waals surface area contributed by atoms with Crippen LogP contribution in [0.15, 0.2) is 66.7 Å². The van der Waals surface area contributed by atoms with E-state index in [9.17, 15) is 9.59 Å². The monoisotopic (exact) mass is 537 g/mol. The van der Waals surface area contributed by atoms with Crippen LogP contribution >= 0.6 is 23.2 Å². The van der Waals surface area contributed by atoms with E-state index in [0.717, 1.165) is 11.1 Å². The molecule has 190 valence electrons. The van der Waals surface area contributed by atoms with Crippen molar-refractivity contribution < 1.29 is 9.59 Å². The van der Waals surface area contributed by atoms with Gasteiger partial charge in [0, 0.05) is 27.0 Å². The maximum atomic E-state index is 13.4. The first-order valence-corrected chi connectivity index (χ1v) is 12.1. The zero-order chi connectivity index (χ0) is 26.6. The SMILES string of the molecule is CC(C)(C)c1ccc(N(Cc2ccc(C(=O)Nc3nn[nH]n3)cc2)C(=O)Nc2cc(Cl)cc(Cl)c2)cc1. The Labute approximate surface area is 224 Å². The van der Waals surface area contributed by atoms with Crippen molar-refractivity contribution in [3.05, 3.63) is 93.5 Å². The van der Waals surface area contributed by atoms with Crippen LogP contribution in [0.1, 0.15) is 42.3 Å². The number of hydrogen-bond donors (Lipinski definition) is 3. The van der Waals surface area contributed by atoms with Crippen LogP contribution in [0, 0.1) is 0 Å². The van der Waals surface area contributed by atoms with Crippen LogP contribution in [-0.4, -0.2) is 32.6 Å². The Morgan fingerprint density at radius 3 is 2.14 bits per heavy atom. The summed E-state index contributed by atoms with van der Waals surface area (Å²) in [5, 5.41) is 19.4. The lowest BCUT2D eigenvalue weighted by Crippen LogP contribution is -2.34. The largest absolute Gasteiger partial charge is 0.326 e. The second kappa shape index (κ2) is 11.0. The van der Waals surface area contributed by atoms with Gasteiger partial charge < -0.3 is 5.32 Å². The first-order valence-electron chi connectivity index (χ1n) is 11.4. The summed E-state index contributed by atoms with van der Waals surface area (Å²) in [4.78, 5) is 27.4. The van der Waals surface area contributed by atoms with E-state index in [2.05, 4.69) is 52.0 Å². The summed E-state index contributed by atoms with van der Waals surface area (Å²) in [6.45, 7) is 6.64. The van der Waals surface area contributed by atoms with Gasteiger partial charge in [0.2, 0.25) is 0 Å². The Morgan fingerprint density at radius 1 is 0.919 bits per heavy atom. The van der Waals surface area contributed by atoms with E-state index < -0.39 is 0 Å². The number of nitrogens with zero attached hydrogens (tertiary/aromatic N) is 4. The number of urea groups is 1. The number of anilines is 3. The van der Waals surface area contributed by atoms with Crippen molar-refractivity contribution in [1.82, 2.24) is 20.6 Å². The summed E-state index contributed by atoms with van der Waals surface area (Å²) in [7, 11) is 0. The average Bonchev–Trinajstić information content (AvgIpc) is 3.35. The number of carbonyl (C=O) groups excluding carboxylic acids is 2. The summed E-state index contributed by atoms with van der Waals surface area (Å²) >= 11 is 12.2. The highest BCUT2D eigenvalue weighted by Gasteiger charge is 2.20. The third-order valence-electron chi connectivity index (χ3n) is 5.53. The Morgan fingerprint density at radius 2 is 1.57 bits per heavy atom. The zero-order valence-electron chi connectivity index (χ0n) is 20.4. The summed E-state index contributed by atoms with van der Waals surface area (Å²) in [6.07, 6.45) is 0. The number of carbonyl (C=O) groups is 2. The second-order valence-electron chi connectivity index (χ2n) is 9.36. The number of aromatic nitrogens is 4. The minimum atomic E-state index is -0.377. The van der Waals surface area contributed by atoms with E-state index in [1.165, 1.54) is 0 Å². The molecule has 0 atom stereocenters. The predicted molar refractivity (Wildman–Crippen MR) is 145 cm³/mol. The molecule has 0 spiro atoms. The fraction of sp³-hybridized carbons (Fsp3) is 0.192. The van der Waals surface area contributed by atoms with Crippen LogP contribution in [-0.2, 0) is 12.0 Å². The van der Waals surface area contributed by atoms with Crippen molar-refractivity contribution in [3.63, 3.8) is 0 Å². The topological polar surface area (TPSA) is 116 Å². The van der Waals surface area contributed by atoms with E-state index >= 15 is 0 Å². The molecule has 0 aliphatic carbocycles. The lowest BCUT2D eigenvalue weighted by atomic mass is 9.87. The Bertz CT molecular complexity index is 1360. The molecule has 0 radical (unpaired) electrons. The van der Waals surface area contributed by atoms with E-state index in [1.54, 1.807) is 47.4 Å². The summed E-state index contributed by atoms with van der Waals surface area (Å²) in [5.74, 6) is -0.296. The van der Waals surface area contributed by atoms with Crippen LogP contribution in [0.2, 0.25) is 10.0 Å². The van der Waals surface area contributed by atoms with Gasteiger partial charge in [0.05, 0.1) is 6.54 Å². The number of rotatable bonds is 6. The number of H-pyrrole nitrogens is 1. The molecule has 37 heavy (non-hydrogen) atoms. The van der Waals surface area contributed by atoms with Gasteiger partial charge in [-0.05, 0) is 64.2 Å². The number of benzene rings is 3. The molecular formula is C26H25Cl2N7O2. The number of nitrogens with one attached hydrogen (secondary N) is 3. The van der Waals surface area contributed by atoms with E-state index in [-0.39, 0.29) is 29.8 Å². The second-order valence-corrected chi connectivity index (χ2v) is 10.2. The van der Waals surface area contributed by atoms with Crippen LogP contribution < -0.4 is 15.5 Å². The van der Waals surface area contributed by atoms with E-state index in [4.69, 9.17) is 23.2 Å². The number of halogens is 2. The molecular weight excluding hydrogens is 513 g/mol. The molecule has 0 fully saturated rings. The van der Waals surface area contributed by atoms with Crippen molar-refractivity contribution in [1.29, 1.82) is 0 Å². The lowest BCUT2D eigenvalue weighted by Gasteiger charge is -2.25. The van der Waals surface area contributed by atoms with Crippen LogP contribution in [0.3, 0.4) is 0 Å². The fourth-order valence-electron chi connectivity index (χ4n) is 3.57. The van der Waals surface area contributed by atoms with Gasteiger partial charge in [-0.3, -0.25) is 15.0 Å². The molecule has 4 aromatic rings. The van der Waals surface area contributed by atoms with Gasteiger partial charge in [0.15, 0.2) is 0 Å². The van der Waals surface area contributed by atoms with E-state index in [1.807, 2.05) is 24.3 Å². The first-order chi connectivity index (χ1) is 17.6. The molecule has 0 bridgehead atoms. The van der Waals surface area contributed by atoms with Gasteiger partial charge in [-0.25, -0.2) is 4.79 Å². The maximum absolute atomic E-state index is 13.4. The third-order valence-corrected chi connectivity index (χ3v) is 5.97. The number of hydrogen-bond acceptors (Lipinski definition) is 5. The molecule has 11 heteroatoms. The lowest BCUT2D eigenvalue weighted by molar-refractivity contribution is 0.102. The van der Waals surface area contributed by atoms with Crippen molar-refractivity contribution in [2.75, 3.05) is 15.5 Å². The number of aromatic amines is 1. The van der Waals surface area contributed by atoms with Crippen LogP contribution in [0.25, 0.3) is 0 Å². The van der Waals surface area contributed by atoms with Crippen LogP contribution in [0.5, 0.6) is 0 Å². The molecule has 4 rings (SSSR count). The van der Waals surface area contributed by atoms with Crippen molar-refractivity contribution >= 4 is 52.5 Å². The Hall–Kier alpha value is -3.95. The molecule has 1 heterocycles. The minimum absolute atomic E-state index is 0.0267. The van der Waals surface area contributed by atoms with Gasteiger partial charge >= 0.3 is 6.03 Å². The Kier molecular flexibility index (Phi) is 7.75. The quantitative estimate of drug-likeness (QED) is 0.267. The molecule has 1 aromatic heterocycles. The third kappa shape index (κ3) is 6.84. The zero-order valence-corrected chi connectivity index (χ0v) is 21.9. The normalized spacial score (nSPS) is 11.2. The highest BCUT2D eigenvalue weighted by atomic mass is 35.5. The molecule has 0 aliphatic rings. The average molecular weight is 538 g/mol. The molecule has 0 unspecified atom stereocenters. The van der Waals surface area contributed by atoms with Crippen molar-refractivity contribution in [2.24, 2.45) is 0 Å². The van der Waals surface area contributed by atoms with Crippen molar-refractivity contribution in [2.45, 2.75) is 32.7 Å². The molecule has 3 N–H and O–H groups in total. The van der Waals surface area contributed by atoms with Gasteiger partial charge in [-0.1, -0.05) is 73.3 Å². The van der Waals surface area contributed by atoms with Gasteiger partial charge in [-0.2, -0.15) is 5.21 Å². The molecule has 0 aliphatic heterocycles. The summed E-state index contributed by atoms with van der Waals surface area (Å²) < 4.78 is 0. The fourth-order valence-corrected chi connectivity index (χ4v) is 4.10. The number of tetrazole rings is 1. The smallest absolute Gasteiger partial charge is 0.307 e. The van der Waals surface area contributed by atoms with Crippen molar-refractivity contribution in [3.8, 4) is 0 Å². The highest BCUT2D eigenvalue weighted by molar-refractivity contribution is 6.35. The predicted octanol–water partition coefficient (Wildman–Crippen LogP) is 6.30. The standard InChI is InChI=1S/C26H25Cl2N7O2/c1-26(2,3)18-8-10-22(11-9-18)35(25(37)29-21-13-19(27)12-20(28)14-21)15-16-4-6-17(7-5-16)23(36)30-24-31-33-34-32-24/h4-14H,15H2,1-3H3,(H,29,37)(H2,30,31,32,33,34,36).